The van der Waals surface area contributed by atoms with Crippen molar-refractivity contribution in [2.24, 2.45) is 17.6 Å². The van der Waals surface area contributed by atoms with Crippen LogP contribution in [0.3, 0.4) is 0 Å². The number of nitrogens with one attached hydrogen (secondary N) is 2. The number of imide groups is 1. The van der Waals surface area contributed by atoms with Crippen molar-refractivity contribution in [2.45, 2.75) is 45.2 Å². The quantitative estimate of drug-likeness (QED) is 0.699. The summed E-state index contributed by atoms with van der Waals surface area (Å²) >= 11 is 0. The standard InChI is InChI=1S/C14H26N4O2.ClH/c1-14(2,3)17-13(20)16-12(19)8-18-6-9-4-5-11(15)10(9)7-18;/h9-11H,4-8,15H2,1-3H3,(H2,16,17,19,20);1H. The summed E-state index contributed by atoms with van der Waals surface area (Å²) < 4.78 is 0. The van der Waals surface area contributed by atoms with Crippen LogP contribution in [0.4, 0.5) is 4.79 Å². The molecule has 1 saturated carbocycles. The van der Waals surface area contributed by atoms with E-state index in [9.17, 15) is 9.59 Å². The molecule has 0 bridgehead atoms. The first kappa shape index (κ1) is 18.2. The highest BCUT2D eigenvalue weighted by atomic mass is 35.5. The van der Waals surface area contributed by atoms with Gasteiger partial charge in [0.05, 0.1) is 6.54 Å². The van der Waals surface area contributed by atoms with Gasteiger partial charge in [0.1, 0.15) is 0 Å². The summed E-state index contributed by atoms with van der Waals surface area (Å²) in [6.07, 6.45) is 2.26. The van der Waals surface area contributed by atoms with Crippen LogP contribution in [0, 0.1) is 11.8 Å². The largest absolute Gasteiger partial charge is 0.333 e. The Balaban J connectivity index is 0.00000220. The summed E-state index contributed by atoms with van der Waals surface area (Å²) in [6, 6.07) is -0.157. The average Bonchev–Trinajstić information content (AvgIpc) is 2.78. The van der Waals surface area contributed by atoms with E-state index in [1.54, 1.807) is 0 Å². The molecule has 2 aliphatic rings. The van der Waals surface area contributed by atoms with Crippen LogP contribution < -0.4 is 16.4 Å². The van der Waals surface area contributed by atoms with Crippen molar-refractivity contribution in [3.63, 3.8) is 0 Å². The number of nitrogens with two attached hydrogens (primary N) is 1. The maximum absolute atomic E-state index is 11.9. The Kier molecular flexibility index (Phi) is 6.01. The molecular weight excluding hydrogens is 292 g/mol. The zero-order chi connectivity index (χ0) is 14.9. The van der Waals surface area contributed by atoms with Gasteiger partial charge in [0.15, 0.2) is 0 Å². The van der Waals surface area contributed by atoms with Crippen molar-refractivity contribution in [1.29, 1.82) is 0 Å². The number of urea groups is 1. The summed E-state index contributed by atoms with van der Waals surface area (Å²) in [7, 11) is 0. The molecule has 0 aromatic heterocycles. The van der Waals surface area contributed by atoms with Gasteiger partial charge in [0, 0.05) is 24.7 Å². The second-order valence-corrected chi connectivity index (χ2v) is 7.11. The van der Waals surface area contributed by atoms with Gasteiger partial charge in [-0.3, -0.25) is 15.0 Å². The van der Waals surface area contributed by atoms with Crippen molar-refractivity contribution < 1.29 is 9.59 Å². The zero-order valence-corrected chi connectivity index (χ0v) is 13.8. The van der Waals surface area contributed by atoms with E-state index < -0.39 is 6.03 Å². The molecule has 6 nitrogen and oxygen atoms in total. The van der Waals surface area contributed by atoms with Gasteiger partial charge in [-0.25, -0.2) is 4.79 Å². The minimum absolute atomic E-state index is 0. The van der Waals surface area contributed by atoms with Crippen molar-refractivity contribution in [3.8, 4) is 0 Å². The van der Waals surface area contributed by atoms with E-state index >= 15 is 0 Å². The Morgan fingerprint density at radius 3 is 2.48 bits per heavy atom. The highest BCUT2D eigenvalue weighted by molar-refractivity contribution is 5.95. The summed E-state index contributed by atoms with van der Waals surface area (Å²) in [6.45, 7) is 7.70. The highest BCUT2D eigenvalue weighted by Crippen LogP contribution is 2.36. The van der Waals surface area contributed by atoms with Crippen molar-refractivity contribution in [1.82, 2.24) is 15.5 Å². The monoisotopic (exact) mass is 318 g/mol. The number of rotatable bonds is 2. The molecule has 1 heterocycles. The van der Waals surface area contributed by atoms with Crippen LogP contribution in [0.1, 0.15) is 33.6 Å². The molecule has 0 spiro atoms. The van der Waals surface area contributed by atoms with Crippen LogP contribution in [-0.2, 0) is 4.79 Å². The van der Waals surface area contributed by atoms with Crippen molar-refractivity contribution in [3.05, 3.63) is 0 Å². The van der Waals surface area contributed by atoms with E-state index in [1.165, 1.54) is 0 Å². The fourth-order valence-electron chi connectivity index (χ4n) is 3.27. The number of carbonyl (C=O) groups is 2. The lowest BCUT2D eigenvalue weighted by molar-refractivity contribution is -0.121. The maximum Gasteiger partial charge on any atom is 0.321 e. The molecule has 0 aromatic carbocycles. The first-order valence-electron chi connectivity index (χ1n) is 7.34. The third-order valence-corrected chi connectivity index (χ3v) is 4.10. The number of halogens is 1. The lowest BCUT2D eigenvalue weighted by atomic mass is 9.98. The predicted molar refractivity (Wildman–Crippen MR) is 84.3 cm³/mol. The van der Waals surface area contributed by atoms with E-state index in [0.29, 0.717) is 11.8 Å². The Morgan fingerprint density at radius 1 is 1.24 bits per heavy atom. The molecule has 4 N–H and O–H groups in total. The van der Waals surface area contributed by atoms with Gasteiger partial charge < -0.3 is 11.1 Å². The van der Waals surface area contributed by atoms with E-state index in [1.807, 2.05) is 20.8 Å². The molecule has 1 aliphatic heterocycles. The van der Waals surface area contributed by atoms with Gasteiger partial charge in [0.25, 0.3) is 0 Å². The molecule has 3 unspecified atom stereocenters. The Morgan fingerprint density at radius 2 is 1.90 bits per heavy atom. The van der Waals surface area contributed by atoms with Crippen LogP contribution >= 0.6 is 12.4 Å². The maximum atomic E-state index is 11.9. The second kappa shape index (κ2) is 6.94. The summed E-state index contributed by atoms with van der Waals surface area (Å²) in [5, 5.41) is 5.09. The molecule has 2 rings (SSSR count). The fraction of sp³-hybridized carbons (Fsp3) is 0.857. The average molecular weight is 319 g/mol. The number of carbonyl (C=O) groups excluding carboxylic acids is 2. The molecule has 3 atom stereocenters. The van der Waals surface area contributed by atoms with E-state index in [-0.39, 0.29) is 36.4 Å². The number of fused-ring (bicyclic) bond motifs is 1. The van der Waals surface area contributed by atoms with Crippen LogP contribution in [0.15, 0.2) is 0 Å². The van der Waals surface area contributed by atoms with E-state index in [4.69, 9.17) is 5.73 Å². The van der Waals surface area contributed by atoms with E-state index in [2.05, 4.69) is 15.5 Å². The second-order valence-electron chi connectivity index (χ2n) is 7.11. The molecule has 3 amide bonds. The predicted octanol–water partition coefficient (Wildman–Crippen LogP) is 0.702. The fourth-order valence-corrected chi connectivity index (χ4v) is 3.27. The van der Waals surface area contributed by atoms with Gasteiger partial charge in [-0.05, 0) is 45.4 Å². The van der Waals surface area contributed by atoms with Gasteiger partial charge in [-0.15, -0.1) is 12.4 Å². The van der Waals surface area contributed by atoms with Gasteiger partial charge in [0.2, 0.25) is 5.91 Å². The number of hydrogen-bond acceptors (Lipinski definition) is 4. The summed E-state index contributed by atoms with van der Waals surface area (Å²) in [4.78, 5) is 25.6. The Labute approximate surface area is 132 Å². The minimum Gasteiger partial charge on any atom is -0.333 e. The smallest absolute Gasteiger partial charge is 0.321 e. The van der Waals surface area contributed by atoms with Gasteiger partial charge in [-0.1, -0.05) is 0 Å². The summed E-state index contributed by atoms with van der Waals surface area (Å²) in [5.74, 6) is 0.896. The molecule has 122 valence electrons. The van der Waals surface area contributed by atoms with Crippen LogP contribution in [0.2, 0.25) is 0 Å². The third kappa shape index (κ3) is 5.13. The van der Waals surface area contributed by atoms with E-state index in [0.717, 1.165) is 25.9 Å². The van der Waals surface area contributed by atoms with Crippen molar-refractivity contribution >= 4 is 24.3 Å². The van der Waals surface area contributed by atoms with Crippen molar-refractivity contribution in [2.75, 3.05) is 19.6 Å². The Bertz CT molecular complexity index is 397. The van der Waals surface area contributed by atoms with Crippen LogP contribution in [-0.4, -0.2) is 48.1 Å². The molecule has 0 radical (unpaired) electrons. The van der Waals surface area contributed by atoms with Crippen LogP contribution in [0.25, 0.3) is 0 Å². The molecule has 7 heteroatoms. The first-order chi connectivity index (χ1) is 9.24. The molecule has 21 heavy (non-hydrogen) atoms. The zero-order valence-electron chi connectivity index (χ0n) is 13.0. The number of likely N-dealkylation sites (tertiary alicyclic amines) is 1. The number of amides is 3. The summed E-state index contributed by atoms with van der Waals surface area (Å²) in [5.41, 5.74) is 5.73. The number of nitrogens with zero attached hydrogens (tertiary/aromatic N) is 1. The Hall–Kier alpha value is -0.850. The highest BCUT2D eigenvalue weighted by Gasteiger charge is 2.41. The first-order valence-corrected chi connectivity index (χ1v) is 7.34. The molecule has 1 aliphatic carbocycles. The minimum atomic E-state index is -0.432. The topological polar surface area (TPSA) is 87.5 Å². The molecule has 1 saturated heterocycles. The van der Waals surface area contributed by atoms with Gasteiger partial charge in [-0.2, -0.15) is 0 Å². The SMILES string of the molecule is CC(C)(C)NC(=O)NC(=O)CN1CC2CCC(N)C2C1.Cl. The van der Waals surface area contributed by atoms with Crippen LogP contribution in [0.5, 0.6) is 0 Å². The number of hydrogen-bond donors (Lipinski definition) is 3. The van der Waals surface area contributed by atoms with Gasteiger partial charge >= 0.3 is 6.03 Å². The molecule has 2 fully saturated rings. The lowest BCUT2D eigenvalue weighted by Crippen LogP contribution is -2.50. The lowest BCUT2D eigenvalue weighted by Gasteiger charge is -2.21. The third-order valence-electron chi connectivity index (χ3n) is 4.10. The normalized spacial score (nSPS) is 28.7. The molecular formula is C14H27ClN4O2. The molecule has 0 aromatic rings.